The number of furan rings is 1. The first-order valence-corrected chi connectivity index (χ1v) is 7.66. The predicted octanol–water partition coefficient (Wildman–Crippen LogP) is 3.79. The van der Waals surface area contributed by atoms with Crippen LogP contribution in [0.25, 0.3) is 0 Å². The van der Waals surface area contributed by atoms with Crippen LogP contribution in [0, 0.1) is 12.8 Å². The standard InChI is InChI=1S/C16H27NO2/c1-3-17-10-16-9-15(13(2)19-16)12-18-11-14-7-5-4-6-8-14/h9,14,17H,3-8,10-12H2,1-2H3. The van der Waals surface area contributed by atoms with Crippen LogP contribution in [0.5, 0.6) is 0 Å². The first kappa shape index (κ1) is 14.6. The third kappa shape index (κ3) is 4.66. The average molecular weight is 265 g/mol. The molecule has 0 atom stereocenters. The van der Waals surface area contributed by atoms with Crippen molar-refractivity contribution in [2.24, 2.45) is 5.92 Å². The minimum Gasteiger partial charge on any atom is -0.465 e. The Labute approximate surface area is 116 Å². The lowest BCUT2D eigenvalue weighted by atomic mass is 9.90. The minimum atomic E-state index is 0.692. The Kier molecular flexibility index (Phi) is 5.93. The van der Waals surface area contributed by atoms with Gasteiger partial charge in [-0.05, 0) is 38.3 Å². The van der Waals surface area contributed by atoms with Gasteiger partial charge in [0.25, 0.3) is 0 Å². The van der Waals surface area contributed by atoms with Crippen LogP contribution in [-0.2, 0) is 17.9 Å². The lowest BCUT2D eigenvalue weighted by Crippen LogP contribution is -2.13. The Morgan fingerprint density at radius 2 is 2.11 bits per heavy atom. The van der Waals surface area contributed by atoms with E-state index in [1.165, 1.54) is 37.7 Å². The minimum absolute atomic E-state index is 0.692. The van der Waals surface area contributed by atoms with Gasteiger partial charge in [-0.2, -0.15) is 0 Å². The first-order chi connectivity index (χ1) is 9.29. The zero-order valence-corrected chi connectivity index (χ0v) is 12.3. The van der Waals surface area contributed by atoms with Gasteiger partial charge in [-0.15, -0.1) is 0 Å². The summed E-state index contributed by atoms with van der Waals surface area (Å²) in [7, 11) is 0. The molecule has 1 heterocycles. The number of rotatable bonds is 7. The van der Waals surface area contributed by atoms with E-state index in [0.29, 0.717) is 6.61 Å². The topological polar surface area (TPSA) is 34.4 Å². The summed E-state index contributed by atoms with van der Waals surface area (Å²) >= 11 is 0. The molecule has 2 rings (SSSR count). The van der Waals surface area contributed by atoms with Gasteiger partial charge in [0, 0.05) is 12.2 Å². The molecule has 0 amide bonds. The van der Waals surface area contributed by atoms with E-state index in [4.69, 9.17) is 9.15 Å². The molecule has 1 saturated carbocycles. The van der Waals surface area contributed by atoms with Gasteiger partial charge in [-0.1, -0.05) is 26.2 Å². The third-order valence-electron chi connectivity index (χ3n) is 3.96. The van der Waals surface area contributed by atoms with Gasteiger partial charge in [0.15, 0.2) is 0 Å². The summed E-state index contributed by atoms with van der Waals surface area (Å²) in [5, 5.41) is 3.28. The molecule has 0 radical (unpaired) electrons. The van der Waals surface area contributed by atoms with Crippen molar-refractivity contribution >= 4 is 0 Å². The van der Waals surface area contributed by atoms with Crippen molar-refractivity contribution in [1.82, 2.24) is 5.32 Å². The summed E-state index contributed by atoms with van der Waals surface area (Å²) in [5.41, 5.74) is 1.20. The summed E-state index contributed by atoms with van der Waals surface area (Å²) in [4.78, 5) is 0. The van der Waals surface area contributed by atoms with Gasteiger partial charge in [0.2, 0.25) is 0 Å². The van der Waals surface area contributed by atoms with Gasteiger partial charge in [0.05, 0.1) is 13.2 Å². The molecule has 108 valence electrons. The molecule has 1 aromatic rings. The van der Waals surface area contributed by atoms with Crippen molar-refractivity contribution in [3.8, 4) is 0 Å². The van der Waals surface area contributed by atoms with Crippen LogP contribution in [0.2, 0.25) is 0 Å². The molecule has 0 aromatic carbocycles. The van der Waals surface area contributed by atoms with Crippen LogP contribution in [0.15, 0.2) is 10.5 Å². The maximum atomic E-state index is 5.88. The van der Waals surface area contributed by atoms with Crippen LogP contribution in [0.4, 0.5) is 0 Å². The molecule has 1 N–H and O–H groups in total. The second-order valence-electron chi connectivity index (χ2n) is 5.59. The van der Waals surface area contributed by atoms with E-state index in [9.17, 15) is 0 Å². The highest BCUT2D eigenvalue weighted by Gasteiger charge is 2.14. The second-order valence-corrected chi connectivity index (χ2v) is 5.59. The maximum Gasteiger partial charge on any atom is 0.118 e. The Hall–Kier alpha value is -0.800. The van der Waals surface area contributed by atoms with E-state index in [1.807, 2.05) is 6.92 Å². The molecule has 0 spiro atoms. The zero-order valence-electron chi connectivity index (χ0n) is 12.3. The highest BCUT2D eigenvalue weighted by Crippen LogP contribution is 2.24. The largest absolute Gasteiger partial charge is 0.465 e. The predicted molar refractivity (Wildman–Crippen MR) is 77.1 cm³/mol. The van der Waals surface area contributed by atoms with Crippen molar-refractivity contribution in [2.75, 3.05) is 13.2 Å². The Balaban J connectivity index is 1.73. The van der Waals surface area contributed by atoms with E-state index < -0.39 is 0 Å². The molecule has 3 heteroatoms. The van der Waals surface area contributed by atoms with Crippen molar-refractivity contribution in [1.29, 1.82) is 0 Å². The fourth-order valence-electron chi connectivity index (χ4n) is 2.76. The van der Waals surface area contributed by atoms with Gasteiger partial charge < -0.3 is 14.5 Å². The highest BCUT2D eigenvalue weighted by molar-refractivity contribution is 5.19. The normalized spacial score (nSPS) is 16.9. The molecule has 0 unspecified atom stereocenters. The summed E-state index contributed by atoms with van der Waals surface area (Å²) in [6, 6.07) is 2.12. The molecule has 1 aromatic heterocycles. The molecule has 0 saturated heterocycles. The second kappa shape index (κ2) is 7.71. The fourth-order valence-corrected chi connectivity index (χ4v) is 2.76. The summed E-state index contributed by atoms with van der Waals surface area (Å²) in [6.07, 6.45) is 6.86. The van der Waals surface area contributed by atoms with Crippen LogP contribution < -0.4 is 5.32 Å². The number of aryl methyl sites for hydroxylation is 1. The maximum absolute atomic E-state index is 5.88. The summed E-state index contributed by atoms with van der Waals surface area (Å²) in [6.45, 7) is 7.50. The molecule has 1 aliphatic rings. The molecular formula is C16H27NO2. The first-order valence-electron chi connectivity index (χ1n) is 7.66. The number of nitrogens with one attached hydrogen (secondary N) is 1. The lowest BCUT2D eigenvalue weighted by Gasteiger charge is -2.21. The van der Waals surface area contributed by atoms with Gasteiger partial charge in [0.1, 0.15) is 11.5 Å². The smallest absolute Gasteiger partial charge is 0.118 e. The molecule has 1 fully saturated rings. The van der Waals surface area contributed by atoms with Crippen molar-refractivity contribution < 1.29 is 9.15 Å². The van der Waals surface area contributed by atoms with Crippen molar-refractivity contribution in [3.05, 3.63) is 23.2 Å². The summed E-state index contributed by atoms with van der Waals surface area (Å²) in [5.74, 6) is 2.79. The highest BCUT2D eigenvalue weighted by atomic mass is 16.5. The SMILES string of the molecule is CCNCc1cc(COCC2CCCCC2)c(C)o1. The molecule has 19 heavy (non-hydrogen) atoms. The van der Waals surface area contributed by atoms with Crippen LogP contribution >= 0.6 is 0 Å². The fraction of sp³-hybridized carbons (Fsp3) is 0.750. The van der Waals surface area contributed by atoms with Crippen LogP contribution in [-0.4, -0.2) is 13.2 Å². The van der Waals surface area contributed by atoms with Crippen LogP contribution in [0.3, 0.4) is 0 Å². The quantitative estimate of drug-likeness (QED) is 0.814. The molecule has 0 bridgehead atoms. The van der Waals surface area contributed by atoms with E-state index >= 15 is 0 Å². The number of ether oxygens (including phenoxy) is 1. The molecule has 0 aliphatic heterocycles. The van der Waals surface area contributed by atoms with Crippen molar-refractivity contribution in [2.45, 2.75) is 59.1 Å². The van der Waals surface area contributed by atoms with Crippen molar-refractivity contribution in [3.63, 3.8) is 0 Å². The third-order valence-corrected chi connectivity index (χ3v) is 3.96. The van der Waals surface area contributed by atoms with Gasteiger partial charge >= 0.3 is 0 Å². The Morgan fingerprint density at radius 1 is 1.32 bits per heavy atom. The van der Waals surface area contributed by atoms with Gasteiger partial charge in [-0.3, -0.25) is 0 Å². The van der Waals surface area contributed by atoms with Gasteiger partial charge in [-0.25, -0.2) is 0 Å². The lowest BCUT2D eigenvalue weighted by molar-refractivity contribution is 0.0732. The molecule has 1 aliphatic carbocycles. The summed E-state index contributed by atoms with van der Waals surface area (Å²) < 4.78 is 11.6. The number of hydrogen-bond acceptors (Lipinski definition) is 3. The average Bonchev–Trinajstić information content (AvgIpc) is 2.78. The number of hydrogen-bond donors (Lipinski definition) is 1. The Bertz CT molecular complexity index is 367. The Morgan fingerprint density at radius 3 is 2.84 bits per heavy atom. The van der Waals surface area contributed by atoms with E-state index in [2.05, 4.69) is 18.3 Å². The van der Waals surface area contributed by atoms with E-state index in [1.54, 1.807) is 0 Å². The molecule has 3 nitrogen and oxygen atoms in total. The van der Waals surface area contributed by atoms with E-state index in [-0.39, 0.29) is 0 Å². The van der Waals surface area contributed by atoms with E-state index in [0.717, 1.165) is 37.1 Å². The monoisotopic (exact) mass is 265 g/mol. The molecular weight excluding hydrogens is 238 g/mol. The van der Waals surface area contributed by atoms with Crippen LogP contribution in [0.1, 0.15) is 56.1 Å². The zero-order chi connectivity index (χ0) is 13.5.